The number of carbonyl (C=O) groups excluding carboxylic acids is 2. The third kappa shape index (κ3) is 45.7. The van der Waals surface area contributed by atoms with Crippen molar-refractivity contribution in [1.29, 1.82) is 0 Å². The van der Waals surface area contributed by atoms with Crippen molar-refractivity contribution in [1.82, 2.24) is 5.32 Å². The van der Waals surface area contributed by atoms with Crippen LogP contribution in [0.15, 0.2) is 24.3 Å². The number of hydrogen-bond donors (Lipinski definition) is 3. The Morgan fingerprint density at radius 1 is 0.475 bits per heavy atom. The predicted molar refractivity (Wildman–Crippen MR) is 255 cm³/mol. The third-order valence-corrected chi connectivity index (χ3v) is 12.0. The van der Waals surface area contributed by atoms with E-state index in [2.05, 4.69) is 43.5 Å². The van der Waals surface area contributed by atoms with Gasteiger partial charge in [-0.15, -0.1) is 0 Å². The van der Waals surface area contributed by atoms with Crippen molar-refractivity contribution >= 4 is 11.9 Å². The van der Waals surface area contributed by atoms with E-state index in [0.717, 1.165) is 70.6 Å². The SMILES string of the molecule is CCC/C=C\C/C=C\CCCCCCCC(=O)OCCCCCCCCCCCCCCC(=O)NC(CO)C(O)CCCCCCCCCCCCCCCCCCC. The molecule has 0 rings (SSSR count). The van der Waals surface area contributed by atoms with Crippen LogP contribution in [0.25, 0.3) is 0 Å². The van der Waals surface area contributed by atoms with Crippen molar-refractivity contribution in [2.45, 2.75) is 289 Å². The van der Waals surface area contributed by atoms with Gasteiger partial charge in [0.1, 0.15) is 0 Å². The second kappa shape index (κ2) is 49.0. The lowest BCUT2D eigenvalue weighted by Gasteiger charge is -2.22. The lowest BCUT2D eigenvalue weighted by molar-refractivity contribution is -0.143. The fraction of sp³-hybridized carbons (Fsp3) is 0.887. The lowest BCUT2D eigenvalue weighted by atomic mass is 10.0. The van der Waals surface area contributed by atoms with Crippen molar-refractivity contribution < 1.29 is 24.5 Å². The molecule has 0 aromatic carbocycles. The number of ether oxygens (including phenoxy) is 1. The molecule has 348 valence electrons. The summed E-state index contributed by atoms with van der Waals surface area (Å²) in [4.78, 5) is 24.5. The number of aliphatic hydroxyl groups is 2. The number of nitrogens with one attached hydrogen (secondary N) is 1. The predicted octanol–water partition coefficient (Wildman–Crippen LogP) is 15.5. The summed E-state index contributed by atoms with van der Waals surface area (Å²) in [6, 6.07) is -0.554. The van der Waals surface area contributed by atoms with Gasteiger partial charge in [-0.1, -0.05) is 237 Å². The van der Waals surface area contributed by atoms with E-state index in [4.69, 9.17) is 4.74 Å². The Morgan fingerprint density at radius 2 is 0.881 bits per heavy atom. The number of amides is 1. The molecule has 2 atom stereocenters. The summed E-state index contributed by atoms with van der Waals surface area (Å²) < 4.78 is 5.44. The Labute approximate surface area is 367 Å². The number of unbranched alkanes of at least 4 members (excludes halogenated alkanes) is 33. The van der Waals surface area contributed by atoms with E-state index in [1.165, 1.54) is 173 Å². The molecule has 0 fully saturated rings. The average molecular weight is 832 g/mol. The molecule has 0 bridgehead atoms. The quantitative estimate of drug-likeness (QED) is 0.0322. The Kier molecular flexibility index (Phi) is 47.6. The lowest BCUT2D eigenvalue weighted by Crippen LogP contribution is -2.45. The smallest absolute Gasteiger partial charge is 0.305 e. The van der Waals surface area contributed by atoms with Crippen molar-refractivity contribution in [3.05, 3.63) is 24.3 Å². The molecular weight excluding hydrogens is 731 g/mol. The van der Waals surface area contributed by atoms with Crippen LogP contribution in [-0.2, 0) is 14.3 Å². The molecule has 59 heavy (non-hydrogen) atoms. The van der Waals surface area contributed by atoms with Crippen LogP contribution >= 0.6 is 0 Å². The second-order valence-corrected chi connectivity index (χ2v) is 17.9. The molecule has 0 radical (unpaired) electrons. The molecule has 0 saturated heterocycles. The molecule has 0 aliphatic rings. The molecule has 3 N–H and O–H groups in total. The van der Waals surface area contributed by atoms with E-state index in [1.807, 2.05) is 0 Å². The summed E-state index contributed by atoms with van der Waals surface area (Å²) in [6.07, 6.45) is 57.1. The van der Waals surface area contributed by atoms with Gasteiger partial charge in [0.15, 0.2) is 0 Å². The largest absolute Gasteiger partial charge is 0.466 e. The van der Waals surface area contributed by atoms with Gasteiger partial charge < -0.3 is 20.3 Å². The van der Waals surface area contributed by atoms with Crippen molar-refractivity contribution in [2.24, 2.45) is 0 Å². The normalized spacial score (nSPS) is 12.8. The summed E-state index contributed by atoms with van der Waals surface area (Å²) in [5.41, 5.74) is 0. The van der Waals surface area contributed by atoms with E-state index in [9.17, 15) is 19.8 Å². The summed E-state index contributed by atoms with van der Waals surface area (Å²) in [6.45, 7) is 4.85. The molecule has 2 unspecified atom stereocenters. The van der Waals surface area contributed by atoms with E-state index in [1.54, 1.807) is 0 Å². The van der Waals surface area contributed by atoms with Crippen LogP contribution in [0.2, 0.25) is 0 Å². The zero-order valence-electron chi connectivity index (χ0n) is 39.5. The zero-order chi connectivity index (χ0) is 43.0. The second-order valence-electron chi connectivity index (χ2n) is 17.9. The van der Waals surface area contributed by atoms with E-state index in [-0.39, 0.29) is 18.5 Å². The minimum atomic E-state index is -0.675. The van der Waals surface area contributed by atoms with Crippen LogP contribution < -0.4 is 5.32 Å². The minimum absolute atomic E-state index is 0.0244. The minimum Gasteiger partial charge on any atom is -0.466 e. The van der Waals surface area contributed by atoms with Gasteiger partial charge in [0.2, 0.25) is 5.91 Å². The van der Waals surface area contributed by atoms with Crippen molar-refractivity contribution in [3.63, 3.8) is 0 Å². The van der Waals surface area contributed by atoms with Gasteiger partial charge >= 0.3 is 5.97 Å². The molecule has 1 amide bonds. The zero-order valence-corrected chi connectivity index (χ0v) is 39.5. The molecule has 6 heteroatoms. The monoisotopic (exact) mass is 832 g/mol. The molecular formula is C53H101NO5. The Bertz CT molecular complexity index is 920. The van der Waals surface area contributed by atoms with E-state index < -0.39 is 12.1 Å². The highest BCUT2D eigenvalue weighted by Crippen LogP contribution is 2.17. The molecule has 6 nitrogen and oxygen atoms in total. The average Bonchev–Trinajstić information content (AvgIpc) is 3.24. The van der Waals surface area contributed by atoms with Crippen molar-refractivity contribution in [3.8, 4) is 0 Å². The van der Waals surface area contributed by atoms with Crippen LogP contribution in [0.1, 0.15) is 277 Å². The molecule has 0 spiro atoms. The third-order valence-electron chi connectivity index (χ3n) is 12.0. The first-order valence-electron chi connectivity index (χ1n) is 26.1. The number of aliphatic hydroxyl groups excluding tert-OH is 2. The number of esters is 1. The van der Waals surface area contributed by atoms with Gasteiger partial charge in [0.05, 0.1) is 25.4 Å². The first kappa shape index (κ1) is 57.3. The van der Waals surface area contributed by atoms with Gasteiger partial charge in [-0.05, 0) is 51.4 Å². The van der Waals surface area contributed by atoms with Crippen LogP contribution in [0.5, 0.6) is 0 Å². The number of carbonyl (C=O) groups is 2. The molecule has 0 aromatic rings. The standard InChI is InChI=1S/C53H101NO5/c1-3-5-7-9-11-13-15-17-18-19-20-22-25-29-33-37-41-45-51(56)50(49-55)54-52(57)46-42-38-34-30-26-23-24-28-32-36-40-44-48-59-53(58)47-43-39-35-31-27-21-16-14-12-10-8-6-4-2/h8,10,14,16,50-51,55-56H,3-7,9,11-13,15,17-49H2,1-2H3,(H,54,57)/b10-8-,16-14-. The maximum Gasteiger partial charge on any atom is 0.305 e. The summed E-state index contributed by atoms with van der Waals surface area (Å²) in [7, 11) is 0. The highest BCUT2D eigenvalue weighted by atomic mass is 16.5. The van der Waals surface area contributed by atoms with E-state index in [0.29, 0.717) is 25.9 Å². The highest BCUT2D eigenvalue weighted by molar-refractivity contribution is 5.76. The Morgan fingerprint density at radius 3 is 1.36 bits per heavy atom. The van der Waals surface area contributed by atoms with Gasteiger partial charge in [-0.25, -0.2) is 0 Å². The first-order chi connectivity index (χ1) is 29.0. The molecule has 0 heterocycles. The molecule has 0 aliphatic carbocycles. The molecule has 0 saturated carbocycles. The van der Waals surface area contributed by atoms with Crippen LogP contribution in [0.3, 0.4) is 0 Å². The highest BCUT2D eigenvalue weighted by Gasteiger charge is 2.20. The van der Waals surface area contributed by atoms with Crippen LogP contribution in [0, 0.1) is 0 Å². The molecule has 0 aliphatic heterocycles. The van der Waals surface area contributed by atoms with Gasteiger partial charge in [-0.2, -0.15) is 0 Å². The summed E-state index contributed by atoms with van der Waals surface area (Å²) >= 11 is 0. The van der Waals surface area contributed by atoms with Crippen LogP contribution in [0.4, 0.5) is 0 Å². The number of rotatable bonds is 48. The first-order valence-corrected chi connectivity index (χ1v) is 26.1. The number of hydrogen-bond acceptors (Lipinski definition) is 5. The fourth-order valence-electron chi connectivity index (χ4n) is 7.97. The maximum atomic E-state index is 12.5. The fourth-order valence-corrected chi connectivity index (χ4v) is 7.97. The Hall–Kier alpha value is -1.66. The van der Waals surface area contributed by atoms with Gasteiger partial charge in [0, 0.05) is 12.8 Å². The van der Waals surface area contributed by atoms with Crippen molar-refractivity contribution in [2.75, 3.05) is 13.2 Å². The Balaban J connectivity index is 3.47. The topological polar surface area (TPSA) is 95.9 Å². The summed E-state index contributed by atoms with van der Waals surface area (Å²) in [5, 5.41) is 23.2. The van der Waals surface area contributed by atoms with Gasteiger partial charge in [0.25, 0.3) is 0 Å². The van der Waals surface area contributed by atoms with Crippen LogP contribution in [-0.4, -0.2) is 47.4 Å². The molecule has 0 aromatic heterocycles. The van der Waals surface area contributed by atoms with Gasteiger partial charge in [-0.3, -0.25) is 9.59 Å². The van der Waals surface area contributed by atoms with E-state index >= 15 is 0 Å². The summed E-state index contributed by atoms with van der Waals surface area (Å²) in [5.74, 6) is -0.0747. The number of allylic oxidation sites excluding steroid dienone is 4. The maximum absolute atomic E-state index is 12.5.